The highest BCUT2D eigenvalue weighted by Crippen LogP contribution is 2.35. The summed E-state index contributed by atoms with van der Waals surface area (Å²) in [6.07, 6.45) is 2.90. The van der Waals surface area contributed by atoms with Crippen molar-refractivity contribution in [3.8, 4) is 0 Å². The number of carbonyl (C=O) groups is 4. The van der Waals surface area contributed by atoms with E-state index in [0.29, 0.717) is 18.5 Å². The molecule has 0 unspecified atom stereocenters. The van der Waals surface area contributed by atoms with Gasteiger partial charge in [-0.2, -0.15) is 0 Å². The van der Waals surface area contributed by atoms with Gasteiger partial charge in [-0.05, 0) is 24.3 Å². The van der Waals surface area contributed by atoms with Gasteiger partial charge < -0.3 is 15.4 Å². The molecular weight excluding hydrogens is 386 g/mol. The maximum Gasteiger partial charge on any atom is 0.325 e. The summed E-state index contributed by atoms with van der Waals surface area (Å²) in [4.78, 5) is 49.9. The number of esters is 1. The van der Waals surface area contributed by atoms with Gasteiger partial charge in [-0.1, -0.05) is 49.2 Å². The van der Waals surface area contributed by atoms with Crippen LogP contribution in [0.25, 0.3) is 10.8 Å². The molecular formula is C22H23N3O5. The Bertz CT molecular complexity index is 1010. The van der Waals surface area contributed by atoms with E-state index in [2.05, 4.69) is 10.6 Å². The standard InChI is InChI=1S/C22H23N3O5/c26-18(23-17-9-5-7-15-6-1-2-8-16(15)17)14-30-19(27)10-13-25-20(28)22(24-21(25)29)11-3-4-12-22/h1-2,5-9H,3-4,10-14H2,(H,23,26)(H,24,29). The number of hydrogen-bond donors (Lipinski definition) is 2. The maximum absolute atomic E-state index is 12.6. The Balaban J connectivity index is 1.26. The van der Waals surface area contributed by atoms with Crippen LogP contribution in [0, 0.1) is 0 Å². The maximum atomic E-state index is 12.6. The van der Waals surface area contributed by atoms with Gasteiger partial charge in [0.1, 0.15) is 5.54 Å². The first kappa shape index (κ1) is 19.9. The molecule has 1 aliphatic carbocycles. The van der Waals surface area contributed by atoms with Crippen LogP contribution in [-0.4, -0.2) is 47.4 Å². The van der Waals surface area contributed by atoms with E-state index < -0.39 is 30.1 Å². The largest absolute Gasteiger partial charge is 0.456 e. The Kier molecular flexibility index (Phi) is 5.39. The highest BCUT2D eigenvalue weighted by molar-refractivity contribution is 6.07. The SMILES string of the molecule is O=C(COC(=O)CCN1C(=O)NC2(CCCC2)C1=O)Nc1cccc2ccccc12. The average molecular weight is 409 g/mol. The summed E-state index contributed by atoms with van der Waals surface area (Å²) in [6, 6.07) is 12.7. The minimum atomic E-state index is -0.792. The van der Waals surface area contributed by atoms with Crippen molar-refractivity contribution in [2.45, 2.75) is 37.6 Å². The number of nitrogens with zero attached hydrogens (tertiary/aromatic N) is 1. The molecule has 1 spiro atoms. The predicted octanol–water partition coefficient (Wildman–Crippen LogP) is 2.58. The Morgan fingerprint density at radius 3 is 2.60 bits per heavy atom. The number of amides is 4. The summed E-state index contributed by atoms with van der Waals surface area (Å²) in [5.41, 5.74) is -0.158. The Hall–Kier alpha value is -3.42. The summed E-state index contributed by atoms with van der Waals surface area (Å²) >= 11 is 0. The van der Waals surface area contributed by atoms with Gasteiger partial charge in [-0.25, -0.2) is 4.79 Å². The van der Waals surface area contributed by atoms with Crippen molar-refractivity contribution in [2.75, 3.05) is 18.5 Å². The first-order valence-corrected chi connectivity index (χ1v) is 10.1. The Morgan fingerprint density at radius 1 is 1.07 bits per heavy atom. The van der Waals surface area contributed by atoms with E-state index in [9.17, 15) is 19.2 Å². The number of hydrogen-bond acceptors (Lipinski definition) is 5. The monoisotopic (exact) mass is 409 g/mol. The third kappa shape index (κ3) is 3.85. The molecule has 2 aliphatic rings. The molecule has 0 radical (unpaired) electrons. The van der Waals surface area contributed by atoms with Crippen LogP contribution in [0.4, 0.5) is 10.5 Å². The molecule has 8 nitrogen and oxygen atoms in total. The molecule has 4 rings (SSSR count). The van der Waals surface area contributed by atoms with Gasteiger partial charge in [-0.3, -0.25) is 19.3 Å². The van der Waals surface area contributed by atoms with E-state index in [0.717, 1.165) is 28.5 Å². The smallest absolute Gasteiger partial charge is 0.325 e. The molecule has 4 amide bonds. The van der Waals surface area contributed by atoms with Crippen LogP contribution in [0.15, 0.2) is 42.5 Å². The number of imide groups is 1. The van der Waals surface area contributed by atoms with Crippen LogP contribution in [0.1, 0.15) is 32.1 Å². The molecule has 0 atom stereocenters. The minimum absolute atomic E-state index is 0.0593. The third-order valence-electron chi connectivity index (χ3n) is 5.67. The number of rotatable bonds is 6. The van der Waals surface area contributed by atoms with Gasteiger partial charge in [0.15, 0.2) is 6.61 Å². The Labute approximate surface area is 173 Å². The molecule has 2 aromatic rings. The van der Waals surface area contributed by atoms with Crippen LogP contribution in [0.5, 0.6) is 0 Å². The van der Waals surface area contributed by atoms with Crippen molar-refractivity contribution in [3.63, 3.8) is 0 Å². The van der Waals surface area contributed by atoms with Crippen LogP contribution < -0.4 is 10.6 Å². The first-order valence-electron chi connectivity index (χ1n) is 10.1. The average Bonchev–Trinajstić information content (AvgIpc) is 3.30. The van der Waals surface area contributed by atoms with Crippen LogP contribution in [0.2, 0.25) is 0 Å². The lowest BCUT2D eigenvalue weighted by atomic mass is 9.98. The number of carbonyl (C=O) groups excluding carboxylic acids is 4. The zero-order valence-corrected chi connectivity index (χ0v) is 16.5. The summed E-state index contributed by atoms with van der Waals surface area (Å²) in [5.74, 6) is -1.37. The van der Waals surface area contributed by atoms with E-state index >= 15 is 0 Å². The molecule has 2 N–H and O–H groups in total. The molecule has 1 saturated carbocycles. The molecule has 30 heavy (non-hydrogen) atoms. The lowest BCUT2D eigenvalue weighted by Crippen LogP contribution is -2.44. The van der Waals surface area contributed by atoms with Crippen LogP contribution >= 0.6 is 0 Å². The van der Waals surface area contributed by atoms with Gasteiger partial charge in [0.25, 0.3) is 11.8 Å². The number of fused-ring (bicyclic) bond motifs is 1. The van der Waals surface area contributed by atoms with Gasteiger partial charge >= 0.3 is 12.0 Å². The van der Waals surface area contributed by atoms with Gasteiger partial charge in [0.2, 0.25) is 0 Å². The molecule has 2 aromatic carbocycles. The van der Waals surface area contributed by atoms with Crippen molar-refractivity contribution in [1.29, 1.82) is 0 Å². The third-order valence-corrected chi connectivity index (χ3v) is 5.67. The number of anilines is 1. The fourth-order valence-corrected chi connectivity index (χ4v) is 4.14. The highest BCUT2D eigenvalue weighted by atomic mass is 16.5. The normalized spacial score (nSPS) is 17.4. The second-order valence-electron chi connectivity index (χ2n) is 7.66. The van der Waals surface area contributed by atoms with Crippen LogP contribution in [0.3, 0.4) is 0 Å². The second-order valence-corrected chi connectivity index (χ2v) is 7.66. The fourth-order valence-electron chi connectivity index (χ4n) is 4.14. The number of urea groups is 1. The second kappa shape index (κ2) is 8.14. The van der Waals surface area contributed by atoms with Crippen molar-refractivity contribution in [1.82, 2.24) is 10.2 Å². The van der Waals surface area contributed by atoms with Crippen molar-refractivity contribution < 1.29 is 23.9 Å². The summed E-state index contributed by atoms with van der Waals surface area (Å²) in [7, 11) is 0. The van der Waals surface area contributed by atoms with Crippen molar-refractivity contribution in [2.24, 2.45) is 0 Å². The van der Waals surface area contributed by atoms with E-state index in [-0.39, 0.29) is 18.9 Å². The molecule has 0 bridgehead atoms. The van der Waals surface area contributed by atoms with Crippen LogP contribution in [-0.2, 0) is 19.1 Å². The van der Waals surface area contributed by atoms with Crippen molar-refractivity contribution >= 4 is 40.3 Å². The number of nitrogens with one attached hydrogen (secondary N) is 2. The number of ether oxygens (including phenoxy) is 1. The first-order chi connectivity index (χ1) is 14.5. The predicted molar refractivity (Wildman–Crippen MR) is 110 cm³/mol. The van der Waals surface area contributed by atoms with Crippen molar-refractivity contribution in [3.05, 3.63) is 42.5 Å². The van der Waals surface area contributed by atoms with E-state index in [1.807, 2.05) is 36.4 Å². The van der Waals surface area contributed by atoms with E-state index in [1.165, 1.54) is 0 Å². The molecule has 1 aliphatic heterocycles. The van der Waals surface area contributed by atoms with E-state index in [4.69, 9.17) is 4.74 Å². The summed E-state index contributed by atoms with van der Waals surface area (Å²) in [6.45, 7) is -0.498. The van der Waals surface area contributed by atoms with Gasteiger partial charge in [-0.15, -0.1) is 0 Å². The lowest BCUT2D eigenvalue weighted by Gasteiger charge is -2.19. The molecule has 0 aromatic heterocycles. The zero-order chi connectivity index (χ0) is 21.1. The van der Waals surface area contributed by atoms with Gasteiger partial charge in [0, 0.05) is 17.6 Å². The zero-order valence-electron chi connectivity index (χ0n) is 16.5. The lowest BCUT2D eigenvalue weighted by molar-refractivity contribution is -0.147. The van der Waals surface area contributed by atoms with E-state index in [1.54, 1.807) is 6.07 Å². The Morgan fingerprint density at radius 2 is 1.80 bits per heavy atom. The molecule has 2 fully saturated rings. The quantitative estimate of drug-likeness (QED) is 0.564. The van der Waals surface area contributed by atoms with Gasteiger partial charge in [0.05, 0.1) is 6.42 Å². The minimum Gasteiger partial charge on any atom is -0.456 e. The summed E-state index contributed by atoms with van der Waals surface area (Å²) in [5, 5.41) is 7.38. The molecule has 1 saturated heterocycles. The fraction of sp³-hybridized carbons (Fsp3) is 0.364. The molecule has 8 heteroatoms. The summed E-state index contributed by atoms with van der Waals surface area (Å²) < 4.78 is 5.01. The number of benzene rings is 2. The topological polar surface area (TPSA) is 105 Å². The molecule has 156 valence electrons. The molecule has 1 heterocycles. The highest BCUT2D eigenvalue weighted by Gasteiger charge is 2.52.